The monoisotopic (exact) mass is 233 g/mol. The molecule has 2 unspecified atom stereocenters. The van der Waals surface area contributed by atoms with Gasteiger partial charge in [-0.15, -0.1) is 0 Å². The van der Waals surface area contributed by atoms with Gasteiger partial charge < -0.3 is 10.5 Å². The van der Waals surface area contributed by atoms with Gasteiger partial charge in [0.1, 0.15) is 12.1 Å². The van der Waals surface area contributed by atoms with Crippen molar-refractivity contribution in [1.82, 2.24) is 0 Å². The Hall–Kier alpha value is -1.35. The fourth-order valence-electron chi connectivity index (χ4n) is 2.00. The molecule has 2 N–H and O–H groups in total. The van der Waals surface area contributed by atoms with Crippen LogP contribution < -0.4 is 5.73 Å². The lowest BCUT2D eigenvalue weighted by Gasteiger charge is -2.19. The summed E-state index contributed by atoms with van der Waals surface area (Å²) < 4.78 is 5.22. The molecular weight excluding hydrogens is 214 g/mol. The summed E-state index contributed by atoms with van der Waals surface area (Å²) >= 11 is 0. The Morgan fingerprint density at radius 3 is 2.24 bits per heavy atom. The predicted molar refractivity (Wildman–Crippen MR) is 66.6 cm³/mol. The van der Waals surface area contributed by atoms with Gasteiger partial charge in [0.2, 0.25) is 0 Å². The number of carbonyl (C=O) groups excluding carboxylic acids is 1. The second-order valence-corrected chi connectivity index (χ2v) is 5.64. The fraction of sp³-hybridized carbons (Fsp3) is 0.500. The Kier molecular flexibility index (Phi) is 2.96. The standard InChI is InChI=1S/C14H19NO2/c1-14(2,3)10-6-4-9(5-7-10)12-8-11(15)13(16)17-12/h4-7,11-12H,8,15H2,1-3H3. The number of hydrogen-bond acceptors (Lipinski definition) is 3. The molecule has 1 fully saturated rings. The van der Waals surface area contributed by atoms with Gasteiger partial charge in [0.05, 0.1) is 0 Å². The molecule has 0 radical (unpaired) electrons. The van der Waals surface area contributed by atoms with Crippen molar-refractivity contribution in [2.24, 2.45) is 5.73 Å². The maximum absolute atomic E-state index is 11.2. The van der Waals surface area contributed by atoms with Gasteiger partial charge in [-0.1, -0.05) is 45.0 Å². The average Bonchev–Trinajstić information content (AvgIpc) is 2.58. The molecule has 0 saturated carbocycles. The van der Waals surface area contributed by atoms with E-state index in [-0.39, 0.29) is 17.5 Å². The average molecular weight is 233 g/mol. The van der Waals surface area contributed by atoms with Crippen molar-refractivity contribution < 1.29 is 9.53 Å². The minimum atomic E-state index is -0.470. The van der Waals surface area contributed by atoms with E-state index in [1.54, 1.807) is 0 Å². The van der Waals surface area contributed by atoms with Crippen LogP contribution in [0.5, 0.6) is 0 Å². The van der Waals surface area contributed by atoms with Crippen LogP contribution >= 0.6 is 0 Å². The highest BCUT2D eigenvalue weighted by atomic mass is 16.6. The lowest BCUT2D eigenvalue weighted by atomic mass is 9.86. The van der Waals surface area contributed by atoms with E-state index in [9.17, 15) is 4.79 Å². The summed E-state index contributed by atoms with van der Waals surface area (Å²) in [5.74, 6) is -0.296. The number of rotatable bonds is 1. The molecule has 1 saturated heterocycles. The number of hydrogen-bond donors (Lipinski definition) is 1. The minimum absolute atomic E-state index is 0.140. The maximum atomic E-state index is 11.2. The van der Waals surface area contributed by atoms with Gasteiger partial charge >= 0.3 is 5.97 Å². The Balaban J connectivity index is 2.17. The first-order chi connectivity index (χ1) is 7.88. The van der Waals surface area contributed by atoms with Gasteiger partial charge in [0.25, 0.3) is 0 Å². The van der Waals surface area contributed by atoms with E-state index in [0.717, 1.165) is 5.56 Å². The smallest absolute Gasteiger partial charge is 0.323 e. The molecule has 3 nitrogen and oxygen atoms in total. The lowest BCUT2D eigenvalue weighted by molar-refractivity contribution is -0.142. The van der Waals surface area contributed by atoms with Crippen molar-refractivity contribution in [3.05, 3.63) is 35.4 Å². The van der Waals surface area contributed by atoms with Crippen molar-refractivity contribution in [1.29, 1.82) is 0 Å². The van der Waals surface area contributed by atoms with Crippen LogP contribution in [0.4, 0.5) is 0 Å². The second kappa shape index (κ2) is 4.15. The Morgan fingerprint density at radius 2 is 1.82 bits per heavy atom. The Labute approximate surface area is 102 Å². The van der Waals surface area contributed by atoms with Crippen molar-refractivity contribution in [2.45, 2.75) is 44.8 Å². The zero-order chi connectivity index (χ0) is 12.6. The Bertz CT molecular complexity index is 417. The molecule has 17 heavy (non-hydrogen) atoms. The van der Waals surface area contributed by atoms with Crippen LogP contribution in [0.25, 0.3) is 0 Å². The zero-order valence-electron chi connectivity index (χ0n) is 10.6. The summed E-state index contributed by atoms with van der Waals surface area (Å²) in [6, 6.07) is 7.76. The predicted octanol–water partition coefficient (Wildman–Crippen LogP) is 2.30. The van der Waals surface area contributed by atoms with Crippen molar-refractivity contribution in [3.8, 4) is 0 Å². The van der Waals surface area contributed by atoms with Gasteiger partial charge in [-0.3, -0.25) is 4.79 Å². The normalized spacial score (nSPS) is 24.8. The summed E-state index contributed by atoms with van der Waals surface area (Å²) in [4.78, 5) is 11.2. The highest BCUT2D eigenvalue weighted by Crippen LogP contribution is 2.30. The first-order valence-corrected chi connectivity index (χ1v) is 5.94. The van der Waals surface area contributed by atoms with Gasteiger partial charge in [-0.05, 0) is 16.5 Å². The summed E-state index contributed by atoms with van der Waals surface area (Å²) in [5.41, 5.74) is 8.07. The molecule has 1 aromatic rings. The number of carbonyl (C=O) groups is 1. The largest absolute Gasteiger partial charge is 0.456 e. The van der Waals surface area contributed by atoms with Crippen molar-refractivity contribution >= 4 is 5.97 Å². The van der Waals surface area contributed by atoms with Crippen LogP contribution in [0.2, 0.25) is 0 Å². The van der Waals surface area contributed by atoms with Crippen LogP contribution in [0.1, 0.15) is 44.4 Å². The molecule has 3 heteroatoms. The van der Waals surface area contributed by atoms with Gasteiger partial charge in [0, 0.05) is 6.42 Å². The summed E-state index contributed by atoms with van der Waals surface area (Å²) in [6.07, 6.45) is 0.403. The molecule has 0 aromatic heterocycles. The molecule has 1 aliphatic rings. The SMILES string of the molecule is CC(C)(C)c1ccc(C2CC(N)C(=O)O2)cc1. The van der Waals surface area contributed by atoms with Gasteiger partial charge in [0.15, 0.2) is 0 Å². The Morgan fingerprint density at radius 1 is 1.24 bits per heavy atom. The molecule has 0 aliphatic carbocycles. The first kappa shape index (κ1) is 12.1. The molecular formula is C14H19NO2. The second-order valence-electron chi connectivity index (χ2n) is 5.64. The van der Waals surface area contributed by atoms with Crippen LogP contribution in [0.3, 0.4) is 0 Å². The van der Waals surface area contributed by atoms with E-state index in [0.29, 0.717) is 6.42 Å². The number of cyclic esters (lactones) is 1. The van der Waals surface area contributed by atoms with Crippen LogP contribution in [0.15, 0.2) is 24.3 Å². The molecule has 1 aliphatic heterocycles. The molecule has 1 aromatic carbocycles. The van der Waals surface area contributed by atoms with Crippen LogP contribution in [0, 0.1) is 0 Å². The van der Waals surface area contributed by atoms with E-state index in [4.69, 9.17) is 10.5 Å². The molecule has 2 rings (SSSR count). The zero-order valence-corrected chi connectivity index (χ0v) is 10.6. The molecule has 0 bridgehead atoms. The number of nitrogens with two attached hydrogens (primary N) is 1. The third-order valence-electron chi connectivity index (χ3n) is 3.18. The molecule has 0 amide bonds. The molecule has 0 spiro atoms. The van der Waals surface area contributed by atoms with E-state index >= 15 is 0 Å². The number of esters is 1. The third-order valence-corrected chi connectivity index (χ3v) is 3.18. The van der Waals surface area contributed by atoms with Crippen molar-refractivity contribution in [3.63, 3.8) is 0 Å². The summed E-state index contributed by atoms with van der Waals surface area (Å²) in [5, 5.41) is 0. The maximum Gasteiger partial charge on any atom is 0.323 e. The summed E-state index contributed by atoms with van der Waals surface area (Å²) in [7, 11) is 0. The lowest BCUT2D eigenvalue weighted by Crippen LogP contribution is -2.24. The molecule has 2 atom stereocenters. The van der Waals surface area contributed by atoms with E-state index in [2.05, 4.69) is 32.9 Å². The topological polar surface area (TPSA) is 52.3 Å². The minimum Gasteiger partial charge on any atom is -0.456 e. The van der Waals surface area contributed by atoms with Gasteiger partial charge in [-0.2, -0.15) is 0 Å². The first-order valence-electron chi connectivity index (χ1n) is 5.94. The van der Waals surface area contributed by atoms with Gasteiger partial charge in [-0.25, -0.2) is 0 Å². The fourth-order valence-corrected chi connectivity index (χ4v) is 2.00. The van der Waals surface area contributed by atoms with Crippen LogP contribution in [-0.2, 0) is 14.9 Å². The number of ether oxygens (including phenoxy) is 1. The highest BCUT2D eigenvalue weighted by molar-refractivity contribution is 5.77. The van der Waals surface area contributed by atoms with Crippen LogP contribution in [-0.4, -0.2) is 12.0 Å². The molecule has 92 valence electrons. The summed E-state index contributed by atoms with van der Waals surface area (Å²) in [6.45, 7) is 6.52. The van der Waals surface area contributed by atoms with E-state index < -0.39 is 6.04 Å². The van der Waals surface area contributed by atoms with E-state index in [1.165, 1.54) is 5.56 Å². The van der Waals surface area contributed by atoms with E-state index in [1.807, 2.05) is 12.1 Å². The van der Waals surface area contributed by atoms with Crippen molar-refractivity contribution in [2.75, 3.05) is 0 Å². The highest BCUT2D eigenvalue weighted by Gasteiger charge is 2.32. The molecule has 1 heterocycles. The number of benzene rings is 1. The quantitative estimate of drug-likeness (QED) is 0.757. The third kappa shape index (κ3) is 2.50.